The van der Waals surface area contributed by atoms with Crippen molar-refractivity contribution in [3.8, 4) is 5.75 Å². The Labute approximate surface area is 176 Å². The summed E-state index contributed by atoms with van der Waals surface area (Å²) in [4.78, 5) is 12.7. The largest absolute Gasteiger partial charge is 0.497 e. The number of hydrogen-bond donors (Lipinski definition) is 1. The number of benzene rings is 1. The summed E-state index contributed by atoms with van der Waals surface area (Å²) in [6.07, 6.45) is 7.25. The van der Waals surface area contributed by atoms with Crippen LogP contribution in [0.3, 0.4) is 0 Å². The molecule has 0 aromatic heterocycles. The predicted octanol–water partition coefficient (Wildman–Crippen LogP) is 5.85. The second-order valence-corrected chi connectivity index (χ2v) is 8.73. The number of allylic oxidation sites excluding steroid dienone is 2. The van der Waals surface area contributed by atoms with Crippen LogP contribution in [0, 0.1) is 17.8 Å². The van der Waals surface area contributed by atoms with Crippen molar-refractivity contribution < 1.29 is 9.53 Å². The van der Waals surface area contributed by atoms with Crippen LogP contribution in [0.2, 0.25) is 0 Å². The van der Waals surface area contributed by atoms with Gasteiger partial charge in [0.25, 0.3) is 0 Å². The molecule has 4 atom stereocenters. The summed E-state index contributed by atoms with van der Waals surface area (Å²) in [6, 6.07) is 8.82. The minimum atomic E-state index is -0.00900. The van der Waals surface area contributed by atoms with Gasteiger partial charge in [-0.2, -0.15) is 0 Å². The molecule has 3 nitrogen and oxygen atoms in total. The zero-order chi connectivity index (χ0) is 21.0. The lowest BCUT2D eigenvalue weighted by atomic mass is 9.73. The van der Waals surface area contributed by atoms with E-state index < -0.39 is 0 Å². The fourth-order valence-corrected chi connectivity index (χ4v) is 5.30. The molecule has 0 amide bonds. The Bertz CT molecular complexity index is 761. The minimum Gasteiger partial charge on any atom is -0.497 e. The highest BCUT2D eigenvalue weighted by atomic mass is 16.5. The number of ether oxygens (including phenoxy) is 1. The van der Waals surface area contributed by atoms with E-state index in [9.17, 15) is 4.79 Å². The van der Waals surface area contributed by atoms with Crippen LogP contribution in [-0.2, 0) is 11.2 Å². The number of Topliss-reactive ketones (excluding diaryl/α,β-unsaturated/α-hetero) is 1. The number of methoxy groups -OCH3 is 1. The van der Waals surface area contributed by atoms with Crippen molar-refractivity contribution in [2.45, 2.75) is 71.8 Å². The maximum Gasteiger partial charge on any atom is 0.146 e. The van der Waals surface area contributed by atoms with E-state index in [0.717, 1.165) is 42.2 Å². The predicted molar refractivity (Wildman–Crippen MR) is 120 cm³/mol. The summed E-state index contributed by atoms with van der Waals surface area (Å²) in [6.45, 7) is 11.1. The number of nitrogens with one attached hydrogen (secondary N) is 1. The number of ketones is 1. The number of carbonyl (C=O) groups is 1. The molecule has 4 unspecified atom stereocenters. The first-order valence-corrected chi connectivity index (χ1v) is 11.4. The van der Waals surface area contributed by atoms with Gasteiger partial charge in [-0.15, -0.1) is 0 Å². The highest BCUT2D eigenvalue weighted by Crippen LogP contribution is 2.44. The molecule has 2 aliphatic rings. The van der Waals surface area contributed by atoms with Crippen molar-refractivity contribution in [1.29, 1.82) is 0 Å². The maximum atomic E-state index is 12.7. The maximum absolute atomic E-state index is 12.7. The van der Waals surface area contributed by atoms with Gasteiger partial charge in [-0.1, -0.05) is 58.7 Å². The number of rotatable bonds is 9. The fraction of sp³-hybridized carbons (Fsp3) is 0.577. The quantitative estimate of drug-likeness (QED) is 0.570. The number of hydrogen-bond acceptors (Lipinski definition) is 3. The van der Waals surface area contributed by atoms with Gasteiger partial charge in [0, 0.05) is 30.0 Å². The molecule has 1 aromatic rings. The van der Waals surface area contributed by atoms with Gasteiger partial charge in [-0.25, -0.2) is 0 Å². The second-order valence-electron chi connectivity index (χ2n) is 8.73. The highest BCUT2D eigenvalue weighted by molar-refractivity contribution is 5.89. The van der Waals surface area contributed by atoms with Crippen LogP contribution in [-0.4, -0.2) is 18.9 Å². The van der Waals surface area contributed by atoms with Crippen LogP contribution in [0.5, 0.6) is 5.75 Å². The Morgan fingerprint density at radius 2 is 1.93 bits per heavy atom. The summed E-state index contributed by atoms with van der Waals surface area (Å²) in [5.41, 5.74) is 4.89. The van der Waals surface area contributed by atoms with Crippen LogP contribution in [0.4, 0.5) is 0 Å². The first-order chi connectivity index (χ1) is 14.0. The van der Waals surface area contributed by atoms with Gasteiger partial charge in [-0.05, 0) is 54.0 Å². The average molecular weight is 396 g/mol. The molecule has 29 heavy (non-hydrogen) atoms. The van der Waals surface area contributed by atoms with Gasteiger partial charge in [0.05, 0.1) is 7.11 Å². The fourth-order valence-electron chi connectivity index (χ4n) is 5.30. The van der Waals surface area contributed by atoms with Crippen LogP contribution in [0.15, 0.2) is 47.7 Å². The van der Waals surface area contributed by atoms with Crippen LogP contribution >= 0.6 is 0 Å². The van der Waals surface area contributed by atoms with E-state index >= 15 is 0 Å². The molecule has 1 N–H and O–H groups in total. The SMILES string of the molecule is C=C1C2=C(CC(=O)C1CC)NC(CC(CC)CCC)C2Cc1ccc(OC)cc1. The Morgan fingerprint density at radius 1 is 1.21 bits per heavy atom. The molecule has 1 aromatic carbocycles. The molecule has 0 fully saturated rings. The van der Waals surface area contributed by atoms with Gasteiger partial charge >= 0.3 is 0 Å². The standard InChI is InChI=1S/C26H37NO2/c1-6-9-18(7-2)15-23-22(14-19-10-12-20(29-5)13-11-19)26-17(4)21(8-3)25(28)16-24(26)27-23/h10-13,18,21-23,27H,4,6-9,14-16H2,1-3,5H3. The molecular formula is C26H37NO2. The summed E-state index contributed by atoms with van der Waals surface area (Å²) in [5.74, 6) is 2.32. The lowest BCUT2D eigenvalue weighted by Crippen LogP contribution is -2.32. The molecule has 1 aliphatic heterocycles. The van der Waals surface area contributed by atoms with Gasteiger partial charge in [0.15, 0.2) is 0 Å². The van der Waals surface area contributed by atoms with Gasteiger partial charge in [0.1, 0.15) is 11.5 Å². The van der Waals surface area contributed by atoms with Crippen molar-refractivity contribution in [1.82, 2.24) is 5.32 Å². The first kappa shape index (κ1) is 21.7. The van der Waals surface area contributed by atoms with E-state index in [1.54, 1.807) is 7.11 Å². The highest BCUT2D eigenvalue weighted by Gasteiger charge is 2.42. The average Bonchev–Trinajstić information content (AvgIpc) is 3.05. The van der Waals surface area contributed by atoms with E-state index in [2.05, 4.69) is 44.8 Å². The normalized spacial score (nSPS) is 25.0. The van der Waals surface area contributed by atoms with Crippen LogP contribution < -0.4 is 10.1 Å². The van der Waals surface area contributed by atoms with E-state index in [1.165, 1.54) is 30.4 Å². The Morgan fingerprint density at radius 3 is 2.52 bits per heavy atom. The Hall–Kier alpha value is -2.03. The van der Waals surface area contributed by atoms with Gasteiger partial charge in [-0.3, -0.25) is 4.79 Å². The summed E-state index contributed by atoms with van der Waals surface area (Å²) in [7, 11) is 1.70. The van der Waals surface area contributed by atoms with Crippen molar-refractivity contribution in [3.05, 3.63) is 53.3 Å². The minimum absolute atomic E-state index is 0.00900. The lowest BCUT2D eigenvalue weighted by molar-refractivity contribution is -0.121. The van der Waals surface area contributed by atoms with Crippen molar-refractivity contribution in [2.24, 2.45) is 17.8 Å². The third kappa shape index (κ3) is 4.60. The molecule has 0 bridgehead atoms. The van der Waals surface area contributed by atoms with E-state index in [1.807, 2.05) is 12.1 Å². The van der Waals surface area contributed by atoms with E-state index in [0.29, 0.717) is 24.2 Å². The van der Waals surface area contributed by atoms with Crippen molar-refractivity contribution in [2.75, 3.05) is 7.11 Å². The second kappa shape index (κ2) is 9.65. The van der Waals surface area contributed by atoms with E-state index in [4.69, 9.17) is 4.74 Å². The molecule has 1 heterocycles. The van der Waals surface area contributed by atoms with Crippen molar-refractivity contribution >= 4 is 5.78 Å². The van der Waals surface area contributed by atoms with Gasteiger partial charge < -0.3 is 10.1 Å². The van der Waals surface area contributed by atoms with E-state index in [-0.39, 0.29) is 5.92 Å². The summed E-state index contributed by atoms with van der Waals surface area (Å²) >= 11 is 0. The topological polar surface area (TPSA) is 38.3 Å². The lowest BCUT2D eigenvalue weighted by Gasteiger charge is -2.29. The first-order valence-electron chi connectivity index (χ1n) is 11.4. The third-order valence-corrected chi connectivity index (χ3v) is 6.93. The molecule has 1 aliphatic carbocycles. The Balaban J connectivity index is 1.89. The van der Waals surface area contributed by atoms with Crippen LogP contribution in [0.25, 0.3) is 0 Å². The molecular weight excluding hydrogens is 358 g/mol. The Kier molecular flexibility index (Phi) is 7.21. The van der Waals surface area contributed by atoms with Gasteiger partial charge in [0.2, 0.25) is 0 Å². The molecule has 158 valence electrons. The zero-order valence-electron chi connectivity index (χ0n) is 18.6. The zero-order valence-corrected chi connectivity index (χ0v) is 18.6. The number of carbonyl (C=O) groups excluding carboxylic acids is 1. The molecule has 3 rings (SSSR count). The summed E-state index contributed by atoms with van der Waals surface area (Å²) < 4.78 is 5.32. The smallest absolute Gasteiger partial charge is 0.146 e. The molecule has 0 spiro atoms. The third-order valence-electron chi connectivity index (χ3n) is 6.93. The molecule has 3 heteroatoms. The van der Waals surface area contributed by atoms with Crippen molar-refractivity contribution in [3.63, 3.8) is 0 Å². The monoisotopic (exact) mass is 395 g/mol. The summed E-state index contributed by atoms with van der Waals surface area (Å²) in [5, 5.41) is 3.79. The van der Waals surface area contributed by atoms with Crippen LogP contribution in [0.1, 0.15) is 64.9 Å². The molecule has 0 radical (unpaired) electrons. The molecule has 0 saturated carbocycles. The molecule has 0 saturated heterocycles.